The van der Waals surface area contributed by atoms with Crippen molar-refractivity contribution in [2.75, 3.05) is 12.3 Å². The van der Waals surface area contributed by atoms with Crippen LogP contribution in [0, 0.1) is 0 Å². The Morgan fingerprint density at radius 2 is 1.86 bits per heavy atom. The fourth-order valence-electron chi connectivity index (χ4n) is 1.40. The fraction of sp³-hybridized carbons (Fsp3) is 1.00. The second-order valence-corrected chi connectivity index (χ2v) is 5.95. The van der Waals surface area contributed by atoms with Crippen LogP contribution in [0.1, 0.15) is 53.4 Å². The highest BCUT2D eigenvalue weighted by Gasteiger charge is 2.00. The molecule has 0 aliphatic rings. The van der Waals surface area contributed by atoms with E-state index in [2.05, 4.69) is 33.0 Å². The Bertz CT molecular complexity index is 115. The molecule has 0 fully saturated rings. The summed E-state index contributed by atoms with van der Waals surface area (Å²) in [5.74, 6) is 1.25. The van der Waals surface area contributed by atoms with Crippen molar-refractivity contribution in [2.24, 2.45) is 0 Å². The summed E-state index contributed by atoms with van der Waals surface area (Å²) >= 11 is 2.04. The fourth-order valence-corrected chi connectivity index (χ4v) is 2.11. The molecule has 0 aliphatic heterocycles. The van der Waals surface area contributed by atoms with Crippen LogP contribution in [-0.2, 0) is 0 Å². The molecule has 0 aromatic carbocycles. The lowest BCUT2D eigenvalue weighted by Gasteiger charge is -2.13. The molecule has 14 heavy (non-hydrogen) atoms. The van der Waals surface area contributed by atoms with E-state index in [-0.39, 0.29) is 0 Å². The Morgan fingerprint density at radius 1 is 1.14 bits per heavy atom. The molecule has 0 heterocycles. The summed E-state index contributed by atoms with van der Waals surface area (Å²) in [5, 5.41) is 4.35. The molecule has 86 valence electrons. The zero-order valence-electron chi connectivity index (χ0n) is 10.3. The summed E-state index contributed by atoms with van der Waals surface area (Å²) < 4.78 is 0. The molecule has 1 nitrogen and oxygen atoms in total. The highest BCUT2D eigenvalue weighted by atomic mass is 32.2. The maximum atomic E-state index is 3.58. The Balaban J connectivity index is 3.14. The zero-order valence-corrected chi connectivity index (χ0v) is 11.1. The molecule has 0 saturated heterocycles. The van der Waals surface area contributed by atoms with Gasteiger partial charge in [0.15, 0.2) is 0 Å². The van der Waals surface area contributed by atoms with E-state index in [4.69, 9.17) is 0 Å². The van der Waals surface area contributed by atoms with Crippen LogP contribution in [0.2, 0.25) is 0 Å². The first-order valence-corrected chi connectivity index (χ1v) is 7.06. The summed E-state index contributed by atoms with van der Waals surface area (Å²) in [6.45, 7) is 10.2. The first kappa shape index (κ1) is 14.3. The van der Waals surface area contributed by atoms with E-state index in [0.717, 1.165) is 11.8 Å². The van der Waals surface area contributed by atoms with Gasteiger partial charge in [-0.25, -0.2) is 0 Å². The summed E-state index contributed by atoms with van der Waals surface area (Å²) in [7, 11) is 0. The molecule has 0 rings (SSSR count). The van der Waals surface area contributed by atoms with Crippen LogP contribution in [0.25, 0.3) is 0 Å². The van der Waals surface area contributed by atoms with Crippen molar-refractivity contribution < 1.29 is 0 Å². The first-order chi connectivity index (χ1) is 6.66. The predicted octanol–water partition coefficient (Wildman–Crippen LogP) is 3.69. The second kappa shape index (κ2) is 9.85. The van der Waals surface area contributed by atoms with Gasteiger partial charge < -0.3 is 5.32 Å². The van der Waals surface area contributed by atoms with Crippen LogP contribution < -0.4 is 5.32 Å². The Hall–Kier alpha value is 0.310. The number of hydrogen-bond donors (Lipinski definition) is 1. The van der Waals surface area contributed by atoms with Crippen LogP contribution in [0.5, 0.6) is 0 Å². The van der Waals surface area contributed by atoms with Crippen molar-refractivity contribution in [3.05, 3.63) is 0 Å². The van der Waals surface area contributed by atoms with Crippen LogP contribution >= 0.6 is 11.8 Å². The number of rotatable bonds is 9. The molecule has 0 aromatic heterocycles. The monoisotopic (exact) mass is 217 g/mol. The third-order valence-corrected chi connectivity index (χ3v) is 3.39. The van der Waals surface area contributed by atoms with Gasteiger partial charge in [0.1, 0.15) is 0 Å². The molecule has 0 aliphatic carbocycles. The van der Waals surface area contributed by atoms with Crippen LogP contribution in [0.3, 0.4) is 0 Å². The minimum atomic E-state index is 0.703. The highest BCUT2D eigenvalue weighted by molar-refractivity contribution is 7.99. The number of nitrogens with one attached hydrogen (secondary N) is 1. The Kier molecular flexibility index (Phi) is 10.1. The summed E-state index contributed by atoms with van der Waals surface area (Å²) in [6, 6.07) is 0.703. The summed E-state index contributed by atoms with van der Waals surface area (Å²) in [5.41, 5.74) is 0. The van der Waals surface area contributed by atoms with Crippen molar-refractivity contribution >= 4 is 11.8 Å². The van der Waals surface area contributed by atoms with Crippen molar-refractivity contribution in [3.8, 4) is 0 Å². The third kappa shape index (κ3) is 10.4. The molecule has 1 N–H and O–H groups in total. The average Bonchev–Trinajstić information content (AvgIpc) is 2.13. The lowest BCUT2D eigenvalue weighted by Crippen LogP contribution is -2.28. The van der Waals surface area contributed by atoms with Gasteiger partial charge in [0.05, 0.1) is 0 Å². The van der Waals surface area contributed by atoms with Crippen LogP contribution in [0.4, 0.5) is 0 Å². The van der Waals surface area contributed by atoms with Gasteiger partial charge in [0.25, 0.3) is 0 Å². The summed E-state index contributed by atoms with van der Waals surface area (Å²) in [6.07, 6.45) is 5.42. The van der Waals surface area contributed by atoms with Crippen molar-refractivity contribution in [1.29, 1.82) is 0 Å². The molecule has 0 radical (unpaired) electrons. The normalized spacial score (nSPS) is 13.5. The number of unbranched alkanes of at least 4 members (excludes halogenated alkanes) is 2. The van der Waals surface area contributed by atoms with Crippen molar-refractivity contribution in [2.45, 2.75) is 64.7 Å². The zero-order chi connectivity index (χ0) is 10.8. The quantitative estimate of drug-likeness (QED) is 0.591. The highest BCUT2D eigenvalue weighted by Crippen LogP contribution is 2.08. The maximum Gasteiger partial charge on any atom is 0.00607 e. The van der Waals surface area contributed by atoms with Gasteiger partial charge in [-0.05, 0) is 18.6 Å². The van der Waals surface area contributed by atoms with Crippen LogP contribution in [-0.4, -0.2) is 23.6 Å². The molecular weight excluding hydrogens is 190 g/mol. The lowest BCUT2D eigenvalue weighted by molar-refractivity contribution is 0.502. The van der Waals surface area contributed by atoms with E-state index in [0.29, 0.717) is 6.04 Å². The SMILES string of the molecule is CCCCCC(C)NCCSC(C)C. The second-order valence-electron chi connectivity index (χ2n) is 4.27. The van der Waals surface area contributed by atoms with Crippen molar-refractivity contribution in [3.63, 3.8) is 0 Å². The lowest BCUT2D eigenvalue weighted by atomic mass is 10.1. The number of hydrogen-bond acceptors (Lipinski definition) is 2. The van der Waals surface area contributed by atoms with Gasteiger partial charge in [-0.15, -0.1) is 0 Å². The molecule has 2 heteroatoms. The van der Waals surface area contributed by atoms with E-state index in [1.807, 2.05) is 11.8 Å². The molecule has 0 saturated carbocycles. The predicted molar refractivity (Wildman–Crippen MR) is 69.2 cm³/mol. The molecule has 1 unspecified atom stereocenters. The third-order valence-electron chi connectivity index (χ3n) is 2.29. The molecular formula is C12H27NS. The minimum Gasteiger partial charge on any atom is -0.313 e. The Morgan fingerprint density at radius 3 is 2.43 bits per heavy atom. The van der Waals surface area contributed by atoms with Crippen molar-refractivity contribution in [1.82, 2.24) is 5.32 Å². The summed E-state index contributed by atoms with van der Waals surface area (Å²) in [4.78, 5) is 0. The van der Waals surface area contributed by atoms with E-state index < -0.39 is 0 Å². The van der Waals surface area contributed by atoms with Gasteiger partial charge >= 0.3 is 0 Å². The first-order valence-electron chi connectivity index (χ1n) is 6.01. The van der Waals surface area contributed by atoms with Crippen LogP contribution in [0.15, 0.2) is 0 Å². The Labute approximate surface area is 94.4 Å². The topological polar surface area (TPSA) is 12.0 Å². The minimum absolute atomic E-state index is 0.703. The van der Waals surface area contributed by atoms with Gasteiger partial charge in [-0.1, -0.05) is 40.0 Å². The average molecular weight is 217 g/mol. The molecule has 0 bridgehead atoms. The molecule has 0 amide bonds. The van der Waals surface area contributed by atoms with Gasteiger partial charge in [0.2, 0.25) is 0 Å². The van der Waals surface area contributed by atoms with E-state index >= 15 is 0 Å². The van der Waals surface area contributed by atoms with Gasteiger partial charge in [-0.2, -0.15) is 11.8 Å². The van der Waals surface area contributed by atoms with Gasteiger partial charge in [-0.3, -0.25) is 0 Å². The van der Waals surface area contributed by atoms with E-state index in [9.17, 15) is 0 Å². The van der Waals surface area contributed by atoms with Gasteiger partial charge in [0, 0.05) is 18.3 Å². The molecule has 0 spiro atoms. The van der Waals surface area contributed by atoms with E-state index in [1.165, 1.54) is 31.4 Å². The number of thioether (sulfide) groups is 1. The molecule has 1 atom stereocenters. The standard InChI is InChI=1S/C12H27NS/c1-5-6-7-8-12(4)13-9-10-14-11(2)3/h11-13H,5-10H2,1-4H3. The van der Waals surface area contributed by atoms with E-state index in [1.54, 1.807) is 0 Å². The largest absolute Gasteiger partial charge is 0.313 e. The maximum absolute atomic E-state index is 3.58. The molecule has 0 aromatic rings. The smallest absolute Gasteiger partial charge is 0.00607 e.